The van der Waals surface area contributed by atoms with Crippen LogP contribution in [0.15, 0.2) is 51.7 Å². The number of fused-ring (bicyclic) bond motifs is 1. The Bertz CT molecular complexity index is 1440. The van der Waals surface area contributed by atoms with Crippen LogP contribution in [0.25, 0.3) is 11.0 Å². The number of alkyl halides is 5. The van der Waals surface area contributed by atoms with Crippen molar-refractivity contribution in [1.29, 1.82) is 0 Å². The summed E-state index contributed by atoms with van der Waals surface area (Å²) in [6.07, 6.45) is -4.96. The molecule has 0 radical (unpaired) electrons. The zero-order chi connectivity index (χ0) is 29.1. The number of aryl methyl sites for hydroxylation is 1. The number of piperidine rings is 1. The van der Waals surface area contributed by atoms with Crippen molar-refractivity contribution in [3.8, 4) is 0 Å². The van der Waals surface area contributed by atoms with Crippen molar-refractivity contribution in [2.75, 3.05) is 23.3 Å². The van der Waals surface area contributed by atoms with Crippen molar-refractivity contribution in [2.45, 2.75) is 44.8 Å². The second-order valence-corrected chi connectivity index (χ2v) is 9.08. The van der Waals surface area contributed by atoms with Gasteiger partial charge in [0, 0.05) is 30.3 Å². The lowest BCUT2D eigenvalue weighted by Gasteiger charge is -2.32. The predicted molar refractivity (Wildman–Crippen MR) is 133 cm³/mol. The summed E-state index contributed by atoms with van der Waals surface area (Å²) in [7, 11) is 0. The van der Waals surface area contributed by atoms with Gasteiger partial charge in [-0.1, -0.05) is 18.2 Å². The van der Waals surface area contributed by atoms with Gasteiger partial charge in [0.05, 0.1) is 23.5 Å². The average Bonchev–Trinajstić information content (AvgIpc) is 2.83. The maximum absolute atomic E-state index is 13.9. The predicted octanol–water partition coefficient (Wildman–Crippen LogP) is 5.84. The Hall–Kier alpha value is -4.16. The van der Waals surface area contributed by atoms with E-state index < -0.39 is 36.6 Å². The Balaban J connectivity index is 0.000000532. The van der Waals surface area contributed by atoms with Crippen molar-refractivity contribution < 1.29 is 46.2 Å². The van der Waals surface area contributed by atoms with Crippen LogP contribution in [0.2, 0.25) is 0 Å². The van der Waals surface area contributed by atoms with E-state index in [9.17, 15) is 36.6 Å². The number of carboxylic acid groups (broad SMARTS) is 2. The summed E-state index contributed by atoms with van der Waals surface area (Å²) in [6, 6.07) is 10.9. The number of anilines is 2. The van der Waals surface area contributed by atoms with Crippen LogP contribution < -0.4 is 15.6 Å². The van der Waals surface area contributed by atoms with Crippen LogP contribution in [0.1, 0.15) is 47.3 Å². The first-order valence-corrected chi connectivity index (χ1v) is 11.7. The molecule has 1 aliphatic rings. The molecule has 4 rings (SSSR count). The number of hydrogen-bond donors (Lipinski definition) is 3. The van der Waals surface area contributed by atoms with Gasteiger partial charge in [0.15, 0.2) is 11.3 Å². The van der Waals surface area contributed by atoms with Crippen LogP contribution in [0.4, 0.5) is 33.5 Å². The standard InChI is InChI=1S/C24H24F2N2O4.C2HF3O2/c1-14-10-17(15(2)27-19-7-4-3-6-16(19)23(30)31)22-18(11-14)20(29)12-21(32-22)28-9-5-8-24(25,26)13-28;3-2(4,5)1(6)7/h3-4,6-7,10-12,15,27H,5,8-9,13H2,1-2H3,(H,30,31);(H,6,7). The van der Waals surface area contributed by atoms with Crippen molar-refractivity contribution in [3.63, 3.8) is 0 Å². The minimum atomic E-state index is -5.08. The number of aliphatic carboxylic acids is 1. The summed E-state index contributed by atoms with van der Waals surface area (Å²) in [5, 5.41) is 20.1. The van der Waals surface area contributed by atoms with Crippen LogP contribution in [-0.2, 0) is 4.79 Å². The molecular weight excluding hydrogens is 531 g/mol. The summed E-state index contributed by atoms with van der Waals surface area (Å²) in [4.78, 5) is 34.7. The van der Waals surface area contributed by atoms with Crippen molar-refractivity contribution in [3.05, 3.63) is 69.4 Å². The van der Waals surface area contributed by atoms with Crippen LogP contribution in [0.3, 0.4) is 0 Å². The molecule has 8 nitrogen and oxygen atoms in total. The normalized spacial score (nSPS) is 15.7. The molecule has 1 aliphatic heterocycles. The van der Waals surface area contributed by atoms with Gasteiger partial charge in [0.25, 0.3) is 5.92 Å². The Morgan fingerprint density at radius 3 is 2.36 bits per heavy atom. The first-order chi connectivity index (χ1) is 18.1. The molecule has 0 amide bonds. The van der Waals surface area contributed by atoms with E-state index in [0.717, 1.165) is 5.56 Å². The zero-order valence-electron chi connectivity index (χ0n) is 20.8. The molecule has 3 aromatic rings. The van der Waals surface area contributed by atoms with Crippen LogP contribution >= 0.6 is 0 Å². The number of nitrogens with one attached hydrogen (secondary N) is 1. The van der Waals surface area contributed by atoms with Gasteiger partial charge in [-0.25, -0.2) is 18.4 Å². The SMILES string of the molecule is Cc1cc(C(C)Nc2ccccc2C(=O)O)c2oc(N3CCCC(F)(F)C3)cc(=O)c2c1.O=C(O)C(F)(F)F. The monoisotopic (exact) mass is 556 g/mol. The molecule has 1 fully saturated rings. The highest BCUT2D eigenvalue weighted by Gasteiger charge is 2.38. The molecule has 13 heteroatoms. The van der Waals surface area contributed by atoms with E-state index in [4.69, 9.17) is 14.3 Å². The van der Waals surface area contributed by atoms with Gasteiger partial charge in [-0.15, -0.1) is 0 Å². The molecule has 0 spiro atoms. The first kappa shape index (κ1) is 29.4. The van der Waals surface area contributed by atoms with Gasteiger partial charge in [-0.2, -0.15) is 13.2 Å². The number of nitrogens with zero attached hydrogens (tertiary/aromatic N) is 1. The number of carboxylic acids is 2. The summed E-state index contributed by atoms with van der Waals surface area (Å²) in [6.45, 7) is 3.56. The zero-order valence-corrected chi connectivity index (χ0v) is 20.8. The minimum absolute atomic E-state index is 0.116. The largest absolute Gasteiger partial charge is 0.490 e. The molecule has 0 aliphatic carbocycles. The smallest absolute Gasteiger partial charge is 0.478 e. The molecule has 0 saturated carbocycles. The Kier molecular flexibility index (Phi) is 8.51. The van der Waals surface area contributed by atoms with E-state index in [0.29, 0.717) is 35.2 Å². The molecule has 0 bridgehead atoms. The van der Waals surface area contributed by atoms with Gasteiger partial charge in [0.1, 0.15) is 5.58 Å². The third kappa shape index (κ3) is 7.24. The Morgan fingerprint density at radius 2 is 1.77 bits per heavy atom. The van der Waals surface area contributed by atoms with Gasteiger partial charge in [0.2, 0.25) is 0 Å². The lowest BCUT2D eigenvalue weighted by atomic mass is 10.0. The summed E-state index contributed by atoms with van der Waals surface area (Å²) in [5.74, 6) is -6.54. The van der Waals surface area contributed by atoms with Gasteiger partial charge < -0.3 is 24.8 Å². The minimum Gasteiger partial charge on any atom is -0.478 e. The molecule has 2 aromatic carbocycles. The average molecular weight is 556 g/mol. The number of benzene rings is 2. The van der Waals surface area contributed by atoms with Gasteiger partial charge in [-0.05, 0) is 44.0 Å². The molecule has 3 N–H and O–H groups in total. The fraction of sp³-hybridized carbons (Fsp3) is 0.346. The number of aromatic carboxylic acids is 1. The highest BCUT2D eigenvalue weighted by Crippen LogP contribution is 2.33. The van der Waals surface area contributed by atoms with Gasteiger partial charge in [-0.3, -0.25) is 4.79 Å². The van der Waals surface area contributed by atoms with E-state index >= 15 is 0 Å². The fourth-order valence-electron chi connectivity index (χ4n) is 4.16. The number of hydrogen-bond acceptors (Lipinski definition) is 6. The molecule has 1 atom stereocenters. The molecule has 1 saturated heterocycles. The fourth-order valence-corrected chi connectivity index (χ4v) is 4.16. The van der Waals surface area contributed by atoms with Crippen LogP contribution in [0.5, 0.6) is 0 Å². The second-order valence-electron chi connectivity index (χ2n) is 9.08. The quantitative estimate of drug-likeness (QED) is 0.335. The third-order valence-corrected chi connectivity index (χ3v) is 5.93. The Morgan fingerprint density at radius 1 is 1.13 bits per heavy atom. The highest BCUT2D eigenvalue weighted by molar-refractivity contribution is 5.94. The molecule has 1 aromatic heterocycles. The molecule has 210 valence electrons. The number of halogens is 5. The number of para-hydroxylation sites is 1. The van der Waals surface area contributed by atoms with Crippen molar-refractivity contribution in [1.82, 2.24) is 0 Å². The number of carbonyl (C=O) groups is 2. The lowest BCUT2D eigenvalue weighted by molar-refractivity contribution is -0.192. The first-order valence-electron chi connectivity index (χ1n) is 11.7. The maximum Gasteiger partial charge on any atom is 0.490 e. The summed E-state index contributed by atoms with van der Waals surface area (Å²) >= 11 is 0. The summed E-state index contributed by atoms with van der Waals surface area (Å²) in [5.41, 5.74) is 2.02. The van der Waals surface area contributed by atoms with Crippen LogP contribution in [0, 0.1) is 6.92 Å². The maximum atomic E-state index is 13.9. The summed E-state index contributed by atoms with van der Waals surface area (Å²) < 4.78 is 65.7. The lowest BCUT2D eigenvalue weighted by Crippen LogP contribution is -2.42. The van der Waals surface area contributed by atoms with E-state index in [1.165, 1.54) is 17.0 Å². The third-order valence-electron chi connectivity index (χ3n) is 5.93. The van der Waals surface area contributed by atoms with E-state index in [2.05, 4.69) is 5.32 Å². The highest BCUT2D eigenvalue weighted by atomic mass is 19.4. The Labute approximate surface area is 218 Å². The molecule has 39 heavy (non-hydrogen) atoms. The van der Waals surface area contributed by atoms with E-state index in [1.54, 1.807) is 24.3 Å². The number of rotatable bonds is 5. The second kappa shape index (κ2) is 11.3. The van der Waals surface area contributed by atoms with Crippen molar-refractivity contribution in [2.24, 2.45) is 0 Å². The van der Waals surface area contributed by atoms with E-state index in [-0.39, 0.29) is 23.3 Å². The van der Waals surface area contributed by atoms with Crippen molar-refractivity contribution >= 4 is 34.5 Å². The molecule has 1 unspecified atom stereocenters. The molecular formula is C26H25F5N2O6. The van der Waals surface area contributed by atoms with Crippen LogP contribution in [-0.4, -0.2) is 47.3 Å². The topological polar surface area (TPSA) is 120 Å². The molecule has 2 heterocycles. The van der Waals surface area contributed by atoms with E-state index in [1.807, 2.05) is 19.9 Å². The van der Waals surface area contributed by atoms with Gasteiger partial charge >= 0.3 is 18.1 Å².